The second-order valence-electron chi connectivity index (χ2n) is 6.29. The molecule has 5 nitrogen and oxygen atoms in total. The number of aromatic nitrogens is 2. The van der Waals surface area contributed by atoms with Gasteiger partial charge in [-0.1, -0.05) is 45.4 Å². The van der Waals surface area contributed by atoms with E-state index in [4.69, 9.17) is 4.74 Å². The summed E-state index contributed by atoms with van der Waals surface area (Å²) in [6, 6.07) is 1.95. The maximum atomic E-state index is 12.6. The Morgan fingerprint density at radius 1 is 1.36 bits per heavy atom. The molecule has 2 heterocycles. The van der Waals surface area contributed by atoms with Crippen LogP contribution in [0.3, 0.4) is 0 Å². The highest BCUT2D eigenvalue weighted by atomic mass is 16.5. The smallest absolute Gasteiger partial charge is 0.233 e. The van der Waals surface area contributed by atoms with Gasteiger partial charge in [0.15, 0.2) is 0 Å². The van der Waals surface area contributed by atoms with Crippen molar-refractivity contribution in [2.24, 2.45) is 5.92 Å². The average Bonchev–Trinajstić information content (AvgIpc) is 3.32. The first-order valence-corrected chi connectivity index (χ1v) is 9.47. The molecule has 1 saturated carbocycles. The molecule has 0 unspecified atom stereocenters. The van der Waals surface area contributed by atoms with E-state index in [0.717, 1.165) is 37.2 Å². The maximum absolute atomic E-state index is 12.6. The van der Waals surface area contributed by atoms with Crippen molar-refractivity contribution in [3.05, 3.63) is 36.1 Å². The van der Waals surface area contributed by atoms with Gasteiger partial charge in [-0.3, -0.25) is 9.48 Å². The minimum Gasteiger partial charge on any atom is -0.472 e. The second-order valence-corrected chi connectivity index (χ2v) is 6.29. The molecule has 0 bridgehead atoms. The molecule has 0 saturated heterocycles. The number of nitrogens with zero attached hydrogens (tertiary/aromatic N) is 3. The zero-order valence-corrected chi connectivity index (χ0v) is 15.8. The van der Waals surface area contributed by atoms with Gasteiger partial charge in [-0.25, -0.2) is 0 Å². The van der Waals surface area contributed by atoms with Crippen LogP contribution in [-0.2, 0) is 17.9 Å². The third-order valence-corrected chi connectivity index (χ3v) is 4.81. The van der Waals surface area contributed by atoms with E-state index < -0.39 is 0 Å². The average molecular weight is 345 g/mol. The molecule has 1 aromatic rings. The summed E-state index contributed by atoms with van der Waals surface area (Å²) in [5.74, 6) is 1.18. The number of ether oxygens (including phenoxy) is 1. The van der Waals surface area contributed by atoms with Crippen molar-refractivity contribution in [3.63, 3.8) is 0 Å². The molecule has 2 aliphatic rings. The largest absolute Gasteiger partial charge is 0.472 e. The fourth-order valence-corrected chi connectivity index (χ4v) is 3.35. The Hall–Kier alpha value is -2.04. The first kappa shape index (κ1) is 19.3. The molecule has 1 fully saturated rings. The van der Waals surface area contributed by atoms with Crippen molar-refractivity contribution >= 4 is 5.91 Å². The Kier molecular flexibility index (Phi) is 7.29. The quantitative estimate of drug-likeness (QED) is 0.759. The molecule has 0 atom stereocenters. The number of carbonyl (C=O) groups excluding carboxylic acids is 1. The fraction of sp³-hybridized carbons (Fsp3) is 0.600. The summed E-state index contributed by atoms with van der Waals surface area (Å²) in [5, 5.41) is 4.48. The number of hydrogen-bond donors (Lipinski definition) is 0. The maximum Gasteiger partial charge on any atom is 0.233 e. The van der Waals surface area contributed by atoms with Gasteiger partial charge in [0, 0.05) is 18.5 Å². The van der Waals surface area contributed by atoms with Gasteiger partial charge in [-0.2, -0.15) is 0 Å². The van der Waals surface area contributed by atoms with Crippen LogP contribution >= 0.6 is 0 Å². The Morgan fingerprint density at radius 3 is 2.72 bits per heavy atom. The van der Waals surface area contributed by atoms with Crippen LogP contribution in [-0.4, -0.2) is 33.7 Å². The summed E-state index contributed by atoms with van der Waals surface area (Å²) < 4.78 is 7.68. The van der Waals surface area contributed by atoms with E-state index in [0.29, 0.717) is 24.9 Å². The Labute approximate surface area is 151 Å². The van der Waals surface area contributed by atoms with Gasteiger partial charge in [-0.15, -0.1) is 5.10 Å². The van der Waals surface area contributed by atoms with Crippen molar-refractivity contribution in [2.45, 2.75) is 59.5 Å². The highest BCUT2D eigenvalue weighted by Crippen LogP contribution is 2.28. The van der Waals surface area contributed by atoms with Gasteiger partial charge in [0.05, 0.1) is 18.8 Å². The molecule has 1 aliphatic heterocycles. The zero-order valence-electron chi connectivity index (χ0n) is 15.8. The zero-order chi connectivity index (χ0) is 18.2. The van der Waals surface area contributed by atoms with Crippen molar-refractivity contribution in [1.29, 1.82) is 0 Å². The molecule has 0 aromatic carbocycles. The van der Waals surface area contributed by atoms with Crippen molar-refractivity contribution in [3.8, 4) is 5.88 Å². The van der Waals surface area contributed by atoms with Crippen LogP contribution in [0.2, 0.25) is 0 Å². The van der Waals surface area contributed by atoms with Gasteiger partial charge in [0.2, 0.25) is 11.8 Å². The van der Waals surface area contributed by atoms with Gasteiger partial charge < -0.3 is 9.64 Å². The third kappa shape index (κ3) is 4.74. The summed E-state index contributed by atoms with van der Waals surface area (Å²) >= 11 is 0. The number of amides is 1. The normalized spacial score (nSPS) is 17.6. The fourth-order valence-electron chi connectivity index (χ4n) is 3.35. The lowest BCUT2D eigenvalue weighted by molar-refractivity contribution is -0.136. The Morgan fingerprint density at radius 2 is 2.08 bits per heavy atom. The lowest BCUT2D eigenvalue weighted by Crippen LogP contribution is -2.41. The van der Waals surface area contributed by atoms with Crippen LogP contribution < -0.4 is 4.74 Å². The first-order chi connectivity index (χ1) is 12.2. The van der Waals surface area contributed by atoms with E-state index in [1.807, 2.05) is 42.5 Å². The SMILES string of the molecule is C=C/C(=C\C)COc1cc2n(n1)CCN(C(=O)C1CCCC1)C2.CC. The molecule has 3 rings (SSSR count). The molecule has 138 valence electrons. The van der Waals surface area contributed by atoms with Crippen LogP contribution in [0, 0.1) is 5.92 Å². The van der Waals surface area contributed by atoms with Crippen LogP contribution in [0.15, 0.2) is 30.4 Å². The van der Waals surface area contributed by atoms with Crippen molar-refractivity contribution in [2.75, 3.05) is 13.2 Å². The summed E-state index contributed by atoms with van der Waals surface area (Å²) in [7, 11) is 0. The van der Waals surface area contributed by atoms with Crippen molar-refractivity contribution in [1.82, 2.24) is 14.7 Å². The Balaban J connectivity index is 0.00000109. The summed E-state index contributed by atoms with van der Waals surface area (Å²) in [4.78, 5) is 14.5. The van der Waals surface area contributed by atoms with Gasteiger partial charge in [0.25, 0.3) is 0 Å². The summed E-state index contributed by atoms with van der Waals surface area (Å²) in [6.45, 7) is 12.3. The molecule has 0 N–H and O–H groups in total. The number of fused-ring (bicyclic) bond motifs is 1. The van der Waals surface area contributed by atoms with Crippen LogP contribution in [0.5, 0.6) is 5.88 Å². The molecular weight excluding hydrogens is 314 g/mol. The summed E-state index contributed by atoms with van der Waals surface area (Å²) in [5.41, 5.74) is 2.09. The Bertz CT molecular complexity index is 612. The molecule has 25 heavy (non-hydrogen) atoms. The van der Waals surface area contributed by atoms with Crippen LogP contribution in [0.1, 0.15) is 52.1 Å². The number of carbonyl (C=O) groups is 1. The molecule has 1 aliphatic carbocycles. The molecule has 0 spiro atoms. The first-order valence-electron chi connectivity index (χ1n) is 9.47. The van der Waals surface area contributed by atoms with E-state index in [-0.39, 0.29) is 5.92 Å². The highest BCUT2D eigenvalue weighted by molar-refractivity contribution is 5.79. The second kappa shape index (κ2) is 9.44. The molecule has 1 aromatic heterocycles. The lowest BCUT2D eigenvalue weighted by atomic mass is 10.1. The van der Waals surface area contributed by atoms with E-state index in [9.17, 15) is 4.79 Å². The van der Waals surface area contributed by atoms with Gasteiger partial charge >= 0.3 is 0 Å². The predicted octanol–water partition coefficient (Wildman–Crippen LogP) is 3.95. The minimum absolute atomic E-state index is 0.241. The summed E-state index contributed by atoms with van der Waals surface area (Å²) in [6.07, 6.45) is 8.25. The standard InChI is InChI=1S/C18H25N3O2.C2H6/c1-3-14(4-2)13-23-17-11-16-12-20(9-10-21(16)19-17)18(22)15-7-5-6-8-15;1-2/h3-4,11,15H,1,5-10,12-13H2,2H3;1-2H3/b14-4+;. The van der Waals surface area contributed by atoms with Crippen LogP contribution in [0.25, 0.3) is 0 Å². The van der Waals surface area contributed by atoms with E-state index in [1.165, 1.54) is 12.8 Å². The monoisotopic (exact) mass is 345 g/mol. The number of allylic oxidation sites excluding steroid dienone is 1. The highest BCUT2D eigenvalue weighted by Gasteiger charge is 2.30. The van der Waals surface area contributed by atoms with E-state index >= 15 is 0 Å². The minimum atomic E-state index is 0.241. The molecule has 0 radical (unpaired) electrons. The molecule has 1 amide bonds. The topological polar surface area (TPSA) is 47.4 Å². The van der Waals surface area contributed by atoms with Gasteiger partial charge in [-0.05, 0) is 25.3 Å². The van der Waals surface area contributed by atoms with Gasteiger partial charge in [0.1, 0.15) is 6.61 Å². The number of rotatable bonds is 5. The van der Waals surface area contributed by atoms with Crippen molar-refractivity contribution < 1.29 is 9.53 Å². The predicted molar refractivity (Wildman–Crippen MR) is 100 cm³/mol. The molecule has 5 heteroatoms. The molecular formula is C20H31N3O2. The lowest BCUT2D eigenvalue weighted by Gasteiger charge is -2.29. The number of hydrogen-bond acceptors (Lipinski definition) is 3. The third-order valence-electron chi connectivity index (χ3n) is 4.81. The van der Waals surface area contributed by atoms with E-state index in [1.54, 1.807) is 6.08 Å². The van der Waals surface area contributed by atoms with Crippen LogP contribution in [0.4, 0.5) is 0 Å². The van der Waals surface area contributed by atoms with E-state index in [2.05, 4.69) is 11.7 Å².